The maximum atomic E-state index is 5.70. The lowest BCUT2D eigenvalue weighted by atomic mass is 9.96. The fourth-order valence-corrected chi connectivity index (χ4v) is 1.70. The van der Waals surface area contributed by atoms with E-state index in [0.717, 1.165) is 23.9 Å². The lowest BCUT2D eigenvalue weighted by Crippen LogP contribution is -2.21. The van der Waals surface area contributed by atoms with Gasteiger partial charge in [-0.25, -0.2) is 9.97 Å². The largest absolute Gasteiger partial charge is 0.370 e. The van der Waals surface area contributed by atoms with Crippen LogP contribution in [0.4, 0.5) is 5.82 Å². The zero-order valence-corrected chi connectivity index (χ0v) is 9.99. The van der Waals surface area contributed by atoms with Gasteiger partial charge >= 0.3 is 0 Å². The SMILES string of the molecule is CCNc1cc(C)nc(COC2CCC2)n1. The number of aryl methyl sites for hydroxylation is 1. The van der Waals surface area contributed by atoms with Crippen molar-refractivity contribution in [3.05, 3.63) is 17.6 Å². The van der Waals surface area contributed by atoms with Crippen LogP contribution in [0, 0.1) is 6.92 Å². The van der Waals surface area contributed by atoms with Crippen LogP contribution in [0.1, 0.15) is 37.7 Å². The number of hydrogen-bond donors (Lipinski definition) is 1. The van der Waals surface area contributed by atoms with Gasteiger partial charge in [0.15, 0.2) is 5.82 Å². The lowest BCUT2D eigenvalue weighted by molar-refractivity contribution is -0.0116. The highest BCUT2D eigenvalue weighted by atomic mass is 16.5. The number of nitrogens with one attached hydrogen (secondary N) is 1. The molecule has 0 atom stereocenters. The molecule has 0 bridgehead atoms. The monoisotopic (exact) mass is 221 g/mol. The molecule has 0 aliphatic heterocycles. The van der Waals surface area contributed by atoms with Crippen molar-refractivity contribution in [3.63, 3.8) is 0 Å². The predicted molar refractivity (Wildman–Crippen MR) is 63.4 cm³/mol. The van der Waals surface area contributed by atoms with Gasteiger partial charge in [0.05, 0.1) is 6.10 Å². The maximum Gasteiger partial charge on any atom is 0.156 e. The Bertz CT molecular complexity index is 350. The molecule has 0 radical (unpaired) electrons. The van der Waals surface area contributed by atoms with Gasteiger partial charge in [-0.05, 0) is 33.1 Å². The smallest absolute Gasteiger partial charge is 0.156 e. The molecule has 4 nitrogen and oxygen atoms in total. The van der Waals surface area contributed by atoms with Crippen molar-refractivity contribution in [3.8, 4) is 0 Å². The molecular formula is C12H19N3O. The van der Waals surface area contributed by atoms with Crippen LogP contribution in [0.5, 0.6) is 0 Å². The average molecular weight is 221 g/mol. The van der Waals surface area contributed by atoms with Gasteiger partial charge in [0.1, 0.15) is 12.4 Å². The Morgan fingerprint density at radius 3 is 2.88 bits per heavy atom. The summed E-state index contributed by atoms with van der Waals surface area (Å²) >= 11 is 0. The van der Waals surface area contributed by atoms with Crippen molar-refractivity contribution in [2.75, 3.05) is 11.9 Å². The number of anilines is 1. The molecule has 1 N–H and O–H groups in total. The number of aromatic nitrogens is 2. The minimum absolute atomic E-state index is 0.437. The first-order valence-electron chi connectivity index (χ1n) is 5.98. The Labute approximate surface area is 96.4 Å². The van der Waals surface area contributed by atoms with Gasteiger partial charge in [-0.2, -0.15) is 0 Å². The summed E-state index contributed by atoms with van der Waals surface area (Å²) in [7, 11) is 0. The molecule has 1 saturated carbocycles. The first-order chi connectivity index (χ1) is 7.78. The highest BCUT2D eigenvalue weighted by Crippen LogP contribution is 2.22. The standard InChI is InChI=1S/C12H19N3O/c1-3-13-11-7-9(2)14-12(15-11)8-16-10-5-4-6-10/h7,10H,3-6,8H2,1-2H3,(H,13,14,15). The third-order valence-corrected chi connectivity index (χ3v) is 2.76. The van der Waals surface area contributed by atoms with Crippen LogP contribution < -0.4 is 5.32 Å². The second-order valence-corrected chi connectivity index (χ2v) is 4.21. The van der Waals surface area contributed by atoms with Crippen molar-refractivity contribution in [2.24, 2.45) is 0 Å². The van der Waals surface area contributed by atoms with Crippen LogP contribution >= 0.6 is 0 Å². The van der Waals surface area contributed by atoms with Crippen LogP contribution in [0.3, 0.4) is 0 Å². The van der Waals surface area contributed by atoms with Gasteiger partial charge < -0.3 is 10.1 Å². The molecule has 16 heavy (non-hydrogen) atoms. The molecule has 0 spiro atoms. The van der Waals surface area contributed by atoms with E-state index in [1.165, 1.54) is 19.3 Å². The van der Waals surface area contributed by atoms with Gasteiger partial charge in [-0.15, -0.1) is 0 Å². The highest BCUT2D eigenvalue weighted by Gasteiger charge is 2.18. The van der Waals surface area contributed by atoms with Gasteiger partial charge in [0, 0.05) is 18.3 Å². The molecule has 4 heteroatoms. The van der Waals surface area contributed by atoms with Crippen LogP contribution in [0.2, 0.25) is 0 Å². The minimum Gasteiger partial charge on any atom is -0.370 e. The molecule has 0 saturated heterocycles. The Morgan fingerprint density at radius 1 is 1.44 bits per heavy atom. The lowest BCUT2D eigenvalue weighted by Gasteiger charge is -2.25. The van der Waals surface area contributed by atoms with Gasteiger partial charge in [0.2, 0.25) is 0 Å². The second-order valence-electron chi connectivity index (χ2n) is 4.21. The first kappa shape index (κ1) is 11.3. The van der Waals surface area contributed by atoms with E-state index in [1.54, 1.807) is 0 Å². The molecular weight excluding hydrogens is 202 g/mol. The average Bonchev–Trinajstić information content (AvgIpc) is 2.14. The van der Waals surface area contributed by atoms with Crippen molar-refractivity contribution in [2.45, 2.75) is 45.8 Å². The van der Waals surface area contributed by atoms with Crippen molar-refractivity contribution in [1.29, 1.82) is 0 Å². The van der Waals surface area contributed by atoms with Crippen molar-refractivity contribution in [1.82, 2.24) is 9.97 Å². The number of hydrogen-bond acceptors (Lipinski definition) is 4. The zero-order chi connectivity index (χ0) is 11.4. The fourth-order valence-electron chi connectivity index (χ4n) is 1.70. The van der Waals surface area contributed by atoms with Gasteiger partial charge in [-0.3, -0.25) is 0 Å². The Hall–Kier alpha value is -1.16. The molecule has 0 amide bonds. The quantitative estimate of drug-likeness (QED) is 0.828. The molecule has 1 aromatic heterocycles. The normalized spacial score (nSPS) is 15.9. The second kappa shape index (κ2) is 5.25. The Balaban J connectivity index is 1.95. The Kier molecular flexibility index (Phi) is 3.72. The molecule has 0 aromatic carbocycles. The van der Waals surface area contributed by atoms with E-state index in [1.807, 2.05) is 13.0 Å². The number of ether oxygens (including phenoxy) is 1. The van der Waals surface area contributed by atoms with Crippen LogP contribution in [0.15, 0.2) is 6.07 Å². The topological polar surface area (TPSA) is 47.0 Å². The molecule has 2 rings (SSSR count). The van der Waals surface area contributed by atoms with E-state index in [9.17, 15) is 0 Å². The molecule has 1 aromatic rings. The summed E-state index contributed by atoms with van der Waals surface area (Å²) in [5, 5.41) is 3.20. The van der Waals surface area contributed by atoms with Gasteiger partial charge in [-0.1, -0.05) is 0 Å². The molecule has 0 unspecified atom stereocenters. The summed E-state index contributed by atoms with van der Waals surface area (Å²) in [6.45, 7) is 5.45. The van der Waals surface area contributed by atoms with E-state index in [-0.39, 0.29) is 0 Å². The number of rotatable bonds is 5. The van der Waals surface area contributed by atoms with Crippen molar-refractivity contribution < 1.29 is 4.74 Å². The van der Waals surface area contributed by atoms with E-state index in [4.69, 9.17) is 4.74 Å². The van der Waals surface area contributed by atoms with E-state index in [2.05, 4.69) is 22.2 Å². The van der Waals surface area contributed by atoms with Crippen molar-refractivity contribution >= 4 is 5.82 Å². The van der Waals surface area contributed by atoms with E-state index >= 15 is 0 Å². The van der Waals surface area contributed by atoms with Crippen LogP contribution in [0.25, 0.3) is 0 Å². The molecule has 1 heterocycles. The molecule has 1 fully saturated rings. The summed E-state index contributed by atoms with van der Waals surface area (Å²) in [5.74, 6) is 1.67. The third-order valence-electron chi connectivity index (χ3n) is 2.76. The Morgan fingerprint density at radius 2 is 2.25 bits per heavy atom. The maximum absolute atomic E-state index is 5.70. The van der Waals surface area contributed by atoms with Crippen LogP contribution in [-0.2, 0) is 11.3 Å². The minimum atomic E-state index is 0.437. The molecule has 1 aliphatic rings. The zero-order valence-electron chi connectivity index (χ0n) is 9.99. The van der Waals surface area contributed by atoms with Crippen LogP contribution in [-0.4, -0.2) is 22.6 Å². The summed E-state index contributed by atoms with van der Waals surface area (Å²) in [6, 6.07) is 1.95. The summed E-state index contributed by atoms with van der Waals surface area (Å²) in [5.41, 5.74) is 0.984. The summed E-state index contributed by atoms with van der Waals surface area (Å²) in [6.07, 6.45) is 4.10. The number of nitrogens with zero attached hydrogens (tertiary/aromatic N) is 2. The summed E-state index contributed by atoms with van der Waals surface area (Å²) < 4.78 is 5.70. The third kappa shape index (κ3) is 2.92. The molecule has 88 valence electrons. The summed E-state index contributed by atoms with van der Waals surface area (Å²) in [4.78, 5) is 8.78. The predicted octanol–water partition coefficient (Wildman–Crippen LogP) is 2.29. The van der Waals surface area contributed by atoms with E-state index in [0.29, 0.717) is 12.7 Å². The first-order valence-corrected chi connectivity index (χ1v) is 5.98. The van der Waals surface area contributed by atoms with E-state index < -0.39 is 0 Å². The fraction of sp³-hybridized carbons (Fsp3) is 0.667. The van der Waals surface area contributed by atoms with Gasteiger partial charge in [0.25, 0.3) is 0 Å². The molecule has 1 aliphatic carbocycles. The highest BCUT2D eigenvalue weighted by molar-refractivity contribution is 5.35.